The van der Waals surface area contributed by atoms with Gasteiger partial charge in [0, 0.05) is 48.3 Å². The predicted molar refractivity (Wildman–Crippen MR) is 151 cm³/mol. The van der Waals surface area contributed by atoms with Gasteiger partial charge in [-0.2, -0.15) is 0 Å². The van der Waals surface area contributed by atoms with Crippen LogP contribution < -0.4 is 15.2 Å². The Bertz CT molecular complexity index is 1640. The van der Waals surface area contributed by atoms with Crippen molar-refractivity contribution < 1.29 is 9.13 Å². The zero-order chi connectivity index (χ0) is 27.5. The molecule has 1 aliphatic heterocycles. The van der Waals surface area contributed by atoms with Crippen molar-refractivity contribution in [3.05, 3.63) is 112 Å². The molecule has 6 rings (SSSR count). The molecule has 1 atom stereocenters. The number of ether oxygens (including phenoxy) is 1. The van der Waals surface area contributed by atoms with E-state index in [-0.39, 0.29) is 11.4 Å². The van der Waals surface area contributed by atoms with Crippen molar-refractivity contribution in [3.63, 3.8) is 0 Å². The summed E-state index contributed by atoms with van der Waals surface area (Å²) in [5, 5.41) is 13.6. The zero-order valence-corrected chi connectivity index (χ0v) is 22.2. The second kappa shape index (κ2) is 11.3. The highest BCUT2D eigenvalue weighted by atomic mass is 19.1. The molecule has 5 aromatic rings. The number of H-pyrrole nitrogens is 1. The number of piperazine rings is 1. The molecule has 1 aliphatic rings. The Labute approximate surface area is 230 Å². The van der Waals surface area contributed by atoms with E-state index in [0.29, 0.717) is 50.7 Å². The maximum atomic E-state index is 13.6. The topological polar surface area (TPSA) is 92.2 Å². The average molecular weight is 540 g/mol. The number of nitrogens with zero attached hydrogens (tertiary/aromatic N) is 6. The van der Waals surface area contributed by atoms with Crippen molar-refractivity contribution in [1.82, 2.24) is 30.1 Å². The summed E-state index contributed by atoms with van der Waals surface area (Å²) in [6.07, 6.45) is 0. The summed E-state index contributed by atoms with van der Waals surface area (Å²) in [5.74, 6) is 1.09. The van der Waals surface area contributed by atoms with E-state index in [1.54, 1.807) is 16.8 Å². The molecular formula is C30H30FN7O2. The molecule has 10 heteroatoms. The lowest BCUT2D eigenvalue weighted by Crippen LogP contribution is -2.49. The van der Waals surface area contributed by atoms with E-state index >= 15 is 0 Å². The Hall–Kier alpha value is -4.57. The number of nitrogens with one attached hydrogen (secondary N) is 1. The van der Waals surface area contributed by atoms with E-state index in [9.17, 15) is 9.18 Å². The number of hydrogen-bond acceptors (Lipinski definition) is 7. The summed E-state index contributed by atoms with van der Waals surface area (Å²) >= 11 is 0. The SMILES string of the molecule is CCOc1ccc2[nH]c(=O)c([C@H](c3nnnn3Cc3ccccc3)N3CCN(c4ccc(F)cc4)CC3)cc2c1. The normalized spacial score (nSPS) is 14.9. The molecular weight excluding hydrogens is 509 g/mol. The van der Waals surface area contributed by atoms with Crippen molar-refractivity contribution in [2.45, 2.75) is 19.5 Å². The first kappa shape index (κ1) is 25.7. The van der Waals surface area contributed by atoms with E-state index in [1.165, 1.54) is 12.1 Å². The Balaban J connectivity index is 1.38. The number of benzene rings is 3. The zero-order valence-electron chi connectivity index (χ0n) is 22.2. The molecule has 40 heavy (non-hydrogen) atoms. The lowest BCUT2D eigenvalue weighted by Gasteiger charge is -2.39. The molecule has 0 aliphatic carbocycles. The lowest BCUT2D eigenvalue weighted by molar-refractivity contribution is 0.200. The summed E-state index contributed by atoms with van der Waals surface area (Å²) in [6.45, 7) is 5.72. The van der Waals surface area contributed by atoms with Gasteiger partial charge in [0.05, 0.1) is 13.2 Å². The molecule has 3 aromatic carbocycles. The minimum atomic E-state index is -0.474. The molecule has 0 bridgehead atoms. The fourth-order valence-corrected chi connectivity index (χ4v) is 5.33. The quantitative estimate of drug-likeness (QED) is 0.319. The van der Waals surface area contributed by atoms with Gasteiger partial charge >= 0.3 is 0 Å². The van der Waals surface area contributed by atoms with E-state index in [2.05, 4.69) is 30.3 Å². The summed E-state index contributed by atoms with van der Waals surface area (Å²) in [6, 6.07) is 23.7. The molecule has 9 nitrogen and oxygen atoms in total. The molecule has 0 unspecified atom stereocenters. The van der Waals surface area contributed by atoms with Crippen LogP contribution in [0.25, 0.3) is 10.9 Å². The van der Waals surface area contributed by atoms with Crippen LogP contribution in [0.4, 0.5) is 10.1 Å². The number of rotatable bonds is 8. The highest BCUT2D eigenvalue weighted by Crippen LogP contribution is 2.30. The minimum absolute atomic E-state index is 0.183. The summed E-state index contributed by atoms with van der Waals surface area (Å²) in [5.41, 5.74) is 3.15. The van der Waals surface area contributed by atoms with Crippen molar-refractivity contribution in [1.29, 1.82) is 0 Å². The maximum absolute atomic E-state index is 13.6. The third-order valence-corrected chi connectivity index (χ3v) is 7.30. The molecule has 0 amide bonds. The van der Waals surface area contributed by atoms with Gasteiger partial charge in [-0.25, -0.2) is 9.07 Å². The van der Waals surface area contributed by atoms with Crippen LogP contribution in [0, 0.1) is 5.82 Å². The second-order valence-corrected chi connectivity index (χ2v) is 9.82. The number of hydrogen-bond donors (Lipinski definition) is 1. The Kier molecular flexibility index (Phi) is 7.24. The van der Waals surface area contributed by atoms with Crippen LogP contribution in [-0.2, 0) is 6.54 Å². The number of tetrazole rings is 1. The fourth-order valence-electron chi connectivity index (χ4n) is 5.33. The average Bonchev–Trinajstić information content (AvgIpc) is 3.42. The van der Waals surface area contributed by atoms with E-state index in [0.717, 1.165) is 27.9 Å². The van der Waals surface area contributed by atoms with Gasteiger partial charge < -0.3 is 14.6 Å². The number of anilines is 1. The van der Waals surface area contributed by atoms with E-state index < -0.39 is 6.04 Å². The molecule has 1 N–H and O–H groups in total. The molecule has 0 radical (unpaired) electrons. The third kappa shape index (κ3) is 5.30. The first-order valence-corrected chi connectivity index (χ1v) is 13.4. The third-order valence-electron chi connectivity index (χ3n) is 7.30. The highest BCUT2D eigenvalue weighted by molar-refractivity contribution is 5.80. The molecule has 0 saturated carbocycles. The fraction of sp³-hybridized carbons (Fsp3) is 0.267. The van der Waals surface area contributed by atoms with Gasteiger partial charge in [-0.15, -0.1) is 5.10 Å². The smallest absolute Gasteiger partial charge is 0.253 e. The number of fused-ring (bicyclic) bond motifs is 1. The van der Waals surface area contributed by atoms with Crippen LogP contribution in [0.2, 0.25) is 0 Å². The largest absolute Gasteiger partial charge is 0.494 e. The van der Waals surface area contributed by atoms with Crippen LogP contribution in [0.3, 0.4) is 0 Å². The maximum Gasteiger partial charge on any atom is 0.253 e. The second-order valence-electron chi connectivity index (χ2n) is 9.82. The van der Waals surface area contributed by atoms with Gasteiger partial charge in [-0.05, 0) is 71.4 Å². The Morgan fingerprint density at radius 3 is 2.50 bits per heavy atom. The highest BCUT2D eigenvalue weighted by Gasteiger charge is 2.33. The van der Waals surface area contributed by atoms with Crippen LogP contribution >= 0.6 is 0 Å². The van der Waals surface area contributed by atoms with Crippen molar-refractivity contribution in [2.24, 2.45) is 0 Å². The van der Waals surface area contributed by atoms with E-state index in [4.69, 9.17) is 4.74 Å². The van der Waals surface area contributed by atoms with Crippen molar-refractivity contribution >= 4 is 16.6 Å². The first-order valence-electron chi connectivity index (χ1n) is 13.4. The van der Waals surface area contributed by atoms with E-state index in [1.807, 2.05) is 61.5 Å². The standard InChI is InChI=1S/C30H30FN7O2/c1-2-40-25-12-13-27-22(18-25)19-26(30(39)32-27)28(29-33-34-35-38(29)20-21-6-4-3-5-7-21)37-16-14-36(15-17-37)24-10-8-23(31)9-11-24/h3-13,18-19,28H,2,14-17,20H2,1H3,(H,32,39)/t28-/m1/s1. The molecule has 204 valence electrons. The summed E-state index contributed by atoms with van der Waals surface area (Å²) in [7, 11) is 0. The number of halogens is 1. The number of pyridine rings is 1. The number of aromatic nitrogens is 5. The lowest BCUT2D eigenvalue weighted by atomic mass is 10.0. The molecule has 2 aromatic heterocycles. The van der Waals surface area contributed by atoms with Gasteiger partial charge in [0.1, 0.15) is 17.6 Å². The predicted octanol–water partition coefficient (Wildman–Crippen LogP) is 4.01. The van der Waals surface area contributed by atoms with Crippen LogP contribution in [0.1, 0.15) is 29.9 Å². The van der Waals surface area contributed by atoms with Crippen molar-refractivity contribution in [2.75, 3.05) is 37.7 Å². The van der Waals surface area contributed by atoms with Gasteiger partial charge in [0.15, 0.2) is 5.82 Å². The van der Waals surface area contributed by atoms with Crippen LogP contribution in [-0.4, -0.2) is 62.9 Å². The minimum Gasteiger partial charge on any atom is -0.494 e. The van der Waals surface area contributed by atoms with Crippen LogP contribution in [0.5, 0.6) is 5.75 Å². The molecule has 3 heterocycles. The number of aromatic amines is 1. The van der Waals surface area contributed by atoms with Gasteiger partial charge in [0.25, 0.3) is 5.56 Å². The monoisotopic (exact) mass is 539 g/mol. The van der Waals surface area contributed by atoms with Gasteiger partial charge in [-0.1, -0.05) is 30.3 Å². The first-order chi connectivity index (χ1) is 19.6. The van der Waals surface area contributed by atoms with Crippen LogP contribution in [0.15, 0.2) is 83.7 Å². The Morgan fingerprint density at radius 2 is 1.75 bits per heavy atom. The van der Waals surface area contributed by atoms with Gasteiger partial charge in [0.2, 0.25) is 0 Å². The molecule has 0 spiro atoms. The van der Waals surface area contributed by atoms with Gasteiger partial charge in [-0.3, -0.25) is 9.69 Å². The summed E-state index contributed by atoms with van der Waals surface area (Å²) in [4.78, 5) is 21.1. The van der Waals surface area contributed by atoms with Crippen molar-refractivity contribution in [3.8, 4) is 5.75 Å². The molecule has 1 fully saturated rings. The molecule has 1 saturated heterocycles. The Morgan fingerprint density at radius 1 is 0.975 bits per heavy atom. The summed E-state index contributed by atoms with van der Waals surface area (Å²) < 4.78 is 21.0.